The molecule has 14 heavy (non-hydrogen) atoms. The lowest BCUT2D eigenvalue weighted by molar-refractivity contribution is -0.128. The molecule has 1 aliphatic carbocycles. The van der Waals surface area contributed by atoms with Crippen molar-refractivity contribution in [3.05, 3.63) is 0 Å². The predicted molar refractivity (Wildman–Crippen MR) is 50.3 cm³/mol. The van der Waals surface area contributed by atoms with Crippen LogP contribution < -0.4 is 5.32 Å². The van der Waals surface area contributed by atoms with Gasteiger partial charge in [-0.05, 0) is 31.6 Å². The van der Waals surface area contributed by atoms with Gasteiger partial charge in [-0.3, -0.25) is 0 Å². The van der Waals surface area contributed by atoms with Crippen LogP contribution in [0.15, 0.2) is 0 Å². The Morgan fingerprint density at radius 1 is 1.07 bits per heavy atom. The van der Waals surface area contributed by atoms with Crippen LogP contribution in [0.1, 0.15) is 38.5 Å². The molecule has 2 aliphatic heterocycles. The smallest absolute Gasteiger partial charge is 0.254 e. The number of rotatable bonds is 1. The van der Waals surface area contributed by atoms with E-state index in [2.05, 4.69) is 5.32 Å². The molecule has 3 aliphatic rings. The fraction of sp³-hybridized carbons (Fsp3) is 1.00. The van der Waals surface area contributed by atoms with E-state index in [1.165, 1.54) is 0 Å². The molecular weight excluding hydrogens is 184 g/mol. The summed E-state index contributed by atoms with van der Waals surface area (Å²) < 4.78 is 27.7. The Hall–Kier alpha value is -0.180. The maximum atomic E-state index is 13.8. The minimum absolute atomic E-state index is 0.0880. The Balaban J connectivity index is 1.83. The van der Waals surface area contributed by atoms with E-state index in [1.54, 1.807) is 0 Å². The van der Waals surface area contributed by atoms with Gasteiger partial charge in [-0.2, -0.15) is 0 Å². The standard InChI is InChI=1S/C11H17F2N/c12-11(13)6-8-4-5-9(14-8)10(11)7-2-1-3-7/h7-10,14H,1-6H2. The predicted octanol–water partition coefficient (Wildman–Crippen LogP) is 2.56. The monoisotopic (exact) mass is 201 g/mol. The molecule has 2 heterocycles. The highest BCUT2D eigenvalue weighted by molar-refractivity contribution is 5.04. The van der Waals surface area contributed by atoms with E-state index in [4.69, 9.17) is 0 Å². The quantitative estimate of drug-likeness (QED) is 0.687. The maximum Gasteiger partial charge on any atom is 0.254 e. The van der Waals surface area contributed by atoms with Crippen LogP contribution in [0.3, 0.4) is 0 Å². The molecule has 1 N–H and O–H groups in total. The van der Waals surface area contributed by atoms with Crippen LogP contribution in [0.25, 0.3) is 0 Å². The van der Waals surface area contributed by atoms with Gasteiger partial charge in [-0.1, -0.05) is 6.42 Å². The third-order valence-corrected chi connectivity index (χ3v) is 4.37. The Bertz CT molecular complexity index is 237. The van der Waals surface area contributed by atoms with Crippen molar-refractivity contribution in [1.82, 2.24) is 5.32 Å². The van der Waals surface area contributed by atoms with Crippen LogP contribution >= 0.6 is 0 Å². The summed E-state index contributed by atoms with van der Waals surface area (Å²) in [5.41, 5.74) is 0. The summed E-state index contributed by atoms with van der Waals surface area (Å²) in [6, 6.07) is 0.223. The molecular formula is C11H17F2N. The summed E-state index contributed by atoms with van der Waals surface area (Å²) in [5.74, 6) is -2.43. The van der Waals surface area contributed by atoms with Gasteiger partial charge < -0.3 is 5.32 Å². The van der Waals surface area contributed by atoms with Crippen molar-refractivity contribution in [2.24, 2.45) is 11.8 Å². The first-order chi connectivity index (χ1) is 6.67. The van der Waals surface area contributed by atoms with E-state index in [1.807, 2.05) is 0 Å². The second kappa shape index (κ2) is 2.91. The average Bonchev–Trinajstić information content (AvgIpc) is 2.38. The first-order valence-corrected chi connectivity index (χ1v) is 5.81. The van der Waals surface area contributed by atoms with Crippen LogP contribution in [0.4, 0.5) is 8.78 Å². The second-order valence-electron chi connectivity index (χ2n) is 5.23. The van der Waals surface area contributed by atoms with Gasteiger partial charge in [0.25, 0.3) is 5.92 Å². The molecule has 0 radical (unpaired) electrons. The molecule has 0 spiro atoms. The molecule has 0 aromatic rings. The van der Waals surface area contributed by atoms with Gasteiger partial charge in [0.05, 0.1) is 0 Å². The average molecular weight is 201 g/mol. The van der Waals surface area contributed by atoms with Crippen molar-refractivity contribution < 1.29 is 8.78 Å². The summed E-state index contributed by atoms with van der Waals surface area (Å²) in [6.07, 6.45) is 5.25. The summed E-state index contributed by atoms with van der Waals surface area (Å²) in [5, 5.41) is 3.37. The van der Waals surface area contributed by atoms with Gasteiger partial charge in [0, 0.05) is 24.4 Å². The molecule has 3 atom stereocenters. The van der Waals surface area contributed by atoms with Crippen LogP contribution in [0.2, 0.25) is 0 Å². The van der Waals surface area contributed by atoms with E-state index in [0.717, 1.165) is 32.1 Å². The van der Waals surface area contributed by atoms with Crippen molar-refractivity contribution in [3.8, 4) is 0 Å². The van der Waals surface area contributed by atoms with Gasteiger partial charge in [-0.25, -0.2) is 8.78 Å². The fourth-order valence-corrected chi connectivity index (χ4v) is 3.53. The largest absolute Gasteiger partial charge is 0.310 e. The highest BCUT2D eigenvalue weighted by Crippen LogP contribution is 2.50. The SMILES string of the molecule is FC1(F)CC2CCC(N2)C1C1CCC1. The third kappa shape index (κ3) is 1.21. The van der Waals surface area contributed by atoms with Crippen molar-refractivity contribution in [2.75, 3.05) is 0 Å². The van der Waals surface area contributed by atoms with E-state index in [9.17, 15) is 8.78 Å². The molecule has 3 unspecified atom stereocenters. The normalized spacial score (nSPS) is 46.3. The molecule has 2 saturated heterocycles. The molecule has 3 rings (SSSR count). The number of hydrogen-bond acceptors (Lipinski definition) is 1. The Labute approximate surface area is 83.3 Å². The lowest BCUT2D eigenvalue weighted by Gasteiger charge is -2.45. The number of hydrogen-bond donors (Lipinski definition) is 1. The van der Waals surface area contributed by atoms with Gasteiger partial charge >= 0.3 is 0 Å². The molecule has 0 aromatic heterocycles. The van der Waals surface area contributed by atoms with Crippen molar-refractivity contribution in [2.45, 2.75) is 56.5 Å². The zero-order valence-corrected chi connectivity index (χ0v) is 8.31. The first kappa shape index (κ1) is 9.08. The third-order valence-electron chi connectivity index (χ3n) is 4.37. The Kier molecular flexibility index (Phi) is 1.88. The highest BCUT2D eigenvalue weighted by atomic mass is 19.3. The lowest BCUT2D eigenvalue weighted by atomic mass is 9.68. The minimum Gasteiger partial charge on any atom is -0.310 e. The first-order valence-electron chi connectivity index (χ1n) is 5.81. The maximum absolute atomic E-state index is 13.8. The van der Waals surface area contributed by atoms with Gasteiger partial charge in [-0.15, -0.1) is 0 Å². The zero-order chi connectivity index (χ0) is 9.76. The van der Waals surface area contributed by atoms with E-state index in [0.29, 0.717) is 5.92 Å². The van der Waals surface area contributed by atoms with Gasteiger partial charge in [0.15, 0.2) is 0 Å². The molecule has 0 aromatic carbocycles. The summed E-state index contributed by atoms with van der Waals surface area (Å²) >= 11 is 0. The minimum atomic E-state index is -2.39. The Morgan fingerprint density at radius 3 is 2.50 bits per heavy atom. The van der Waals surface area contributed by atoms with Gasteiger partial charge in [0.2, 0.25) is 0 Å². The van der Waals surface area contributed by atoms with E-state index < -0.39 is 5.92 Å². The van der Waals surface area contributed by atoms with Gasteiger partial charge in [0.1, 0.15) is 0 Å². The number of fused-ring (bicyclic) bond motifs is 2. The molecule has 1 saturated carbocycles. The zero-order valence-electron chi connectivity index (χ0n) is 8.31. The number of piperidine rings is 1. The van der Waals surface area contributed by atoms with Crippen molar-refractivity contribution >= 4 is 0 Å². The van der Waals surface area contributed by atoms with E-state index >= 15 is 0 Å². The van der Waals surface area contributed by atoms with Crippen molar-refractivity contribution in [1.29, 1.82) is 0 Å². The van der Waals surface area contributed by atoms with Crippen molar-refractivity contribution in [3.63, 3.8) is 0 Å². The lowest BCUT2D eigenvalue weighted by Crippen LogP contribution is -2.55. The molecule has 3 fully saturated rings. The Morgan fingerprint density at radius 2 is 1.86 bits per heavy atom. The molecule has 3 heteroatoms. The molecule has 2 bridgehead atoms. The number of alkyl halides is 2. The molecule has 0 amide bonds. The summed E-state index contributed by atoms with van der Waals surface area (Å²) in [7, 11) is 0. The van der Waals surface area contributed by atoms with Crippen LogP contribution in [-0.4, -0.2) is 18.0 Å². The highest BCUT2D eigenvalue weighted by Gasteiger charge is 2.56. The second-order valence-corrected chi connectivity index (χ2v) is 5.23. The molecule has 80 valence electrons. The van der Waals surface area contributed by atoms with E-state index in [-0.39, 0.29) is 24.4 Å². The summed E-state index contributed by atoms with van der Waals surface area (Å²) in [4.78, 5) is 0. The molecule has 1 nitrogen and oxygen atoms in total. The topological polar surface area (TPSA) is 12.0 Å². The van der Waals surface area contributed by atoms with Crippen LogP contribution in [-0.2, 0) is 0 Å². The van der Waals surface area contributed by atoms with Crippen LogP contribution in [0, 0.1) is 11.8 Å². The van der Waals surface area contributed by atoms with Crippen LogP contribution in [0.5, 0.6) is 0 Å². The number of halogens is 2. The summed E-state index contributed by atoms with van der Waals surface area (Å²) in [6.45, 7) is 0. The fourth-order valence-electron chi connectivity index (χ4n) is 3.53. The number of nitrogens with one attached hydrogen (secondary N) is 1.